The minimum atomic E-state index is -2.60. The molecular weight excluding hydrogens is 204 g/mol. The van der Waals surface area contributed by atoms with Crippen molar-refractivity contribution < 1.29 is 18.3 Å². The van der Waals surface area contributed by atoms with Crippen LogP contribution in [0.5, 0.6) is 0 Å². The average Bonchev–Trinajstić information content (AvgIpc) is 2.09. The molecule has 0 radical (unpaired) electrons. The lowest BCUT2D eigenvalue weighted by Gasteiger charge is -2.39. The third-order valence-electron chi connectivity index (χ3n) is 3.04. The number of amides is 1. The molecule has 1 aliphatic rings. The lowest BCUT2D eigenvalue weighted by Crippen LogP contribution is -2.45. The Balaban J connectivity index is 2.49. The van der Waals surface area contributed by atoms with Crippen LogP contribution in [-0.4, -0.2) is 25.0 Å². The van der Waals surface area contributed by atoms with E-state index in [-0.39, 0.29) is 24.9 Å². The van der Waals surface area contributed by atoms with Crippen molar-refractivity contribution in [2.45, 2.75) is 38.2 Å². The maximum absolute atomic E-state index is 12.6. The first-order valence-corrected chi connectivity index (χ1v) is 5.05. The molecule has 88 valence electrons. The van der Waals surface area contributed by atoms with Gasteiger partial charge in [-0.1, -0.05) is 0 Å². The summed E-state index contributed by atoms with van der Waals surface area (Å²) < 4.78 is 30.3. The van der Waals surface area contributed by atoms with Gasteiger partial charge in [0.25, 0.3) is 0 Å². The summed E-state index contributed by atoms with van der Waals surface area (Å²) in [4.78, 5) is 11.1. The number of methoxy groups -OCH3 is 1. The van der Waals surface area contributed by atoms with Gasteiger partial charge in [0.1, 0.15) is 0 Å². The summed E-state index contributed by atoms with van der Waals surface area (Å²) in [6.45, 7) is 1.80. The number of alkyl halides is 2. The molecule has 1 fully saturated rings. The molecule has 0 bridgehead atoms. The topological polar surface area (TPSA) is 52.3 Å². The molecule has 2 atom stereocenters. The van der Waals surface area contributed by atoms with Crippen molar-refractivity contribution in [2.24, 2.45) is 17.6 Å². The summed E-state index contributed by atoms with van der Waals surface area (Å²) in [6.07, 6.45) is -0.155. The van der Waals surface area contributed by atoms with Crippen molar-refractivity contribution in [3.63, 3.8) is 0 Å². The van der Waals surface area contributed by atoms with Gasteiger partial charge < -0.3 is 10.5 Å². The van der Waals surface area contributed by atoms with Crippen LogP contribution in [0.2, 0.25) is 0 Å². The molecule has 2 unspecified atom stereocenters. The van der Waals surface area contributed by atoms with E-state index in [0.29, 0.717) is 6.42 Å². The molecule has 15 heavy (non-hydrogen) atoms. The molecule has 3 nitrogen and oxygen atoms in total. The number of halogens is 2. The number of hydrogen-bond acceptors (Lipinski definition) is 2. The van der Waals surface area contributed by atoms with Gasteiger partial charge in [-0.05, 0) is 19.3 Å². The highest BCUT2D eigenvalue weighted by Crippen LogP contribution is 2.47. The Morgan fingerprint density at radius 2 is 2.13 bits per heavy atom. The SMILES string of the molecule is COC(C)CC(C(N)=O)C1CC(F)(F)C1. The molecule has 1 saturated carbocycles. The molecule has 0 spiro atoms. The van der Waals surface area contributed by atoms with Crippen molar-refractivity contribution >= 4 is 5.91 Å². The Labute approximate surface area is 88.0 Å². The van der Waals surface area contributed by atoms with E-state index in [1.807, 2.05) is 0 Å². The second-order valence-electron chi connectivity index (χ2n) is 4.32. The van der Waals surface area contributed by atoms with Gasteiger partial charge in [-0.25, -0.2) is 8.78 Å². The molecular formula is C10H17F2NO2. The van der Waals surface area contributed by atoms with Crippen LogP contribution in [0.15, 0.2) is 0 Å². The number of carbonyl (C=O) groups is 1. The van der Waals surface area contributed by atoms with Crippen LogP contribution in [0.3, 0.4) is 0 Å². The molecule has 0 saturated heterocycles. The summed E-state index contributed by atoms with van der Waals surface area (Å²) in [7, 11) is 1.53. The van der Waals surface area contributed by atoms with Gasteiger partial charge >= 0.3 is 0 Å². The summed E-state index contributed by atoms with van der Waals surface area (Å²) in [5.41, 5.74) is 5.20. The molecule has 0 aromatic rings. The van der Waals surface area contributed by atoms with Gasteiger partial charge in [0.2, 0.25) is 11.8 Å². The smallest absolute Gasteiger partial charge is 0.248 e. The van der Waals surface area contributed by atoms with E-state index in [1.165, 1.54) is 7.11 Å². The van der Waals surface area contributed by atoms with E-state index >= 15 is 0 Å². The van der Waals surface area contributed by atoms with E-state index in [4.69, 9.17) is 10.5 Å². The van der Waals surface area contributed by atoms with Crippen LogP contribution in [0, 0.1) is 11.8 Å². The number of primary amides is 1. The summed E-state index contributed by atoms with van der Waals surface area (Å²) in [6, 6.07) is 0. The quantitative estimate of drug-likeness (QED) is 0.766. The average molecular weight is 221 g/mol. The zero-order valence-corrected chi connectivity index (χ0v) is 9.00. The van der Waals surface area contributed by atoms with E-state index in [1.54, 1.807) is 6.92 Å². The van der Waals surface area contributed by atoms with Gasteiger partial charge in [-0.15, -0.1) is 0 Å². The van der Waals surface area contributed by atoms with Crippen LogP contribution in [0.1, 0.15) is 26.2 Å². The number of nitrogens with two attached hydrogens (primary N) is 1. The Hall–Kier alpha value is -0.710. The fraction of sp³-hybridized carbons (Fsp3) is 0.900. The van der Waals surface area contributed by atoms with Crippen LogP contribution in [0.4, 0.5) is 8.78 Å². The van der Waals surface area contributed by atoms with E-state index in [9.17, 15) is 13.6 Å². The van der Waals surface area contributed by atoms with Crippen molar-refractivity contribution in [2.75, 3.05) is 7.11 Å². The van der Waals surface area contributed by atoms with Gasteiger partial charge in [0.15, 0.2) is 0 Å². The molecule has 5 heteroatoms. The highest BCUT2D eigenvalue weighted by Gasteiger charge is 2.49. The molecule has 0 aromatic carbocycles. The van der Waals surface area contributed by atoms with E-state index in [2.05, 4.69) is 0 Å². The van der Waals surface area contributed by atoms with Crippen LogP contribution < -0.4 is 5.73 Å². The van der Waals surface area contributed by atoms with Crippen LogP contribution in [-0.2, 0) is 9.53 Å². The third-order valence-corrected chi connectivity index (χ3v) is 3.04. The minimum Gasteiger partial charge on any atom is -0.382 e. The fourth-order valence-corrected chi connectivity index (χ4v) is 1.99. The Kier molecular flexibility index (Phi) is 3.65. The molecule has 0 aliphatic heterocycles. The van der Waals surface area contributed by atoms with E-state index in [0.717, 1.165) is 0 Å². The van der Waals surface area contributed by atoms with Gasteiger partial charge in [-0.2, -0.15) is 0 Å². The lowest BCUT2D eigenvalue weighted by molar-refractivity contribution is -0.146. The zero-order chi connectivity index (χ0) is 11.6. The van der Waals surface area contributed by atoms with Gasteiger partial charge in [0.05, 0.1) is 6.10 Å². The standard InChI is InChI=1S/C10H17F2NO2/c1-6(15-2)3-8(9(13)14)7-4-10(11,12)5-7/h6-8H,3-5H2,1-2H3,(H2,13,14). The monoisotopic (exact) mass is 221 g/mol. The number of carbonyl (C=O) groups excluding carboxylic acids is 1. The van der Waals surface area contributed by atoms with Crippen molar-refractivity contribution in [3.05, 3.63) is 0 Å². The predicted molar refractivity (Wildman–Crippen MR) is 51.4 cm³/mol. The van der Waals surface area contributed by atoms with Crippen molar-refractivity contribution in [1.82, 2.24) is 0 Å². The van der Waals surface area contributed by atoms with Crippen LogP contribution >= 0.6 is 0 Å². The summed E-state index contributed by atoms with van der Waals surface area (Å²) >= 11 is 0. The maximum atomic E-state index is 12.6. The maximum Gasteiger partial charge on any atom is 0.248 e. The molecule has 1 aliphatic carbocycles. The Morgan fingerprint density at radius 1 is 1.60 bits per heavy atom. The Bertz CT molecular complexity index is 238. The summed E-state index contributed by atoms with van der Waals surface area (Å²) in [5, 5.41) is 0. The second-order valence-corrected chi connectivity index (χ2v) is 4.32. The van der Waals surface area contributed by atoms with Gasteiger partial charge in [0, 0.05) is 25.9 Å². The predicted octanol–water partition coefficient (Wildman–Crippen LogP) is 1.56. The van der Waals surface area contributed by atoms with Crippen molar-refractivity contribution in [3.8, 4) is 0 Å². The molecule has 0 aromatic heterocycles. The highest BCUT2D eigenvalue weighted by molar-refractivity contribution is 5.77. The molecule has 2 N–H and O–H groups in total. The Morgan fingerprint density at radius 3 is 2.47 bits per heavy atom. The number of hydrogen-bond donors (Lipinski definition) is 1. The zero-order valence-electron chi connectivity index (χ0n) is 9.00. The third kappa shape index (κ3) is 3.12. The van der Waals surface area contributed by atoms with Crippen molar-refractivity contribution in [1.29, 1.82) is 0 Å². The second kappa shape index (κ2) is 4.43. The van der Waals surface area contributed by atoms with E-state index < -0.39 is 17.7 Å². The molecule has 0 heterocycles. The first kappa shape index (κ1) is 12.4. The van der Waals surface area contributed by atoms with Crippen LogP contribution in [0.25, 0.3) is 0 Å². The largest absolute Gasteiger partial charge is 0.382 e. The lowest BCUT2D eigenvalue weighted by atomic mass is 9.71. The normalized spacial score (nSPS) is 24.3. The minimum absolute atomic E-state index is 0.128. The number of ether oxygens (including phenoxy) is 1. The summed E-state index contributed by atoms with van der Waals surface area (Å²) in [5.74, 6) is -3.87. The fourth-order valence-electron chi connectivity index (χ4n) is 1.99. The van der Waals surface area contributed by atoms with Gasteiger partial charge in [-0.3, -0.25) is 4.79 Å². The first-order valence-electron chi connectivity index (χ1n) is 5.05. The first-order chi connectivity index (χ1) is 6.85. The highest BCUT2D eigenvalue weighted by atomic mass is 19.3. The molecule has 1 rings (SSSR count). The molecule has 1 amide bonds. The number of rotatable bonds is 5.